The molecular formula is C17H27IN4O2S. The molecule has 2 fully saturated rings. The van der Waals surface area contributed by atoms with Crippen LogP contribution in [-0.4, -0.2) is 26.5 Å². The van der Waals surface area contributed by atoms with Crippen LogP contribution in [0.15, 0.2) is 34.2 Å². The molecule has 1 aromatic carbocycles. The summed E-state index contributed by atoms with van der Waals surface area (Å²) < 4.78 is 26.9. The Kier molecular flexibility index (Phi) is 7.51. The molecule has 0 heterocycles. The van der Waals surface area contributed by atoms with Crippen molar-refractivity contribution in [3.63, 3.8) is 0 Å². The van der Waals surface area contributed by atoms with Gasteiger partial charge in [-0.2, -0.15) is 0 Å². The lowest BCUT2D eigenvalue weighted by Gasteiger charge is -2.23. The monoisotopic (exact) mass is 478 g/mol. The van der Waals surface area contributed by atoms with Crippen LogP contribution >= 0.6 is 24.0 Å². The molecule has 2 aliphatic rings. The molecule has 8 heteroatoms. The van der Waals surface area contributed by atoms with Crippen LogP contribution in [0.4, 0.5) is 0 Å². The molecule has 0 radical (unpaired) electrons. The lowest BCUT2D eigenvalue weighted by Crippen LogP contribution is -2.41. The third-order valence-corrected chi connectivity index (χ3v) is 6.06. The highest BCUT2D eigenvalue weighted by atomic mass is 127. The maximum atomic E-state index is 12.1. The molecule has 0 amide bonds. The second-order valence-electron chi connectivity index (χ2n) is 6.72. The van der Waals surface area contributed by atoms with Gasteiger partial charge in [-0.15, -0.1) is 24.0 Å². The zero-order valence-electron chi connectivity index (χ0n) is 14.3. The summed E-state index contributed by atoms with van der Waals surface area (Å²) in [6.07, 6.45) is 7.96. The van der Waals surface area contributed by atoms with Crippen molar-refractivity contribution in [1.82, 2.24) is 10.0 Å². The second-order valence-corrected chi connectivity index (χ2v) is 8.43. The summed E-state index contributed by atoms with van der Waals surface area (Å²) in [5, 5.41) is 3.28. The predicted molar refractivity (Wildman–Crippen MR) is 111 cm³/mol. The average molecular weight is 478 g/mol. The zero-order valence-corrected chi connectivity index (χ0v) is 17.4. The second kappa shape index (κ2) is 9.18. The van der Waals surface area contributed by atoms with Crippen molar-refractivity contribution in [3.8, 4) is 0 Å². The standard InChI is InChI=1S/C17H26N4O2S.HI/c18-17(20-14-4-2-1-3-5-14)19-12-13-6-10-16(11-7-13)24(22,23)21-15-8-9-15;/h6-7,10-11,14-15,21H,1-5,8-9,12H2,(H3,18,19,20);1H. The van der Waals surface area contributed by atoms with Crippen LogP contribution in [0.5, 0.6) is 0 Å². The van der Waals surface area contributed by atoms with E-state index in [4.69, 9.17) is 5.73 Å². The van der Waals surface area contributed by atoms with Gasteiger partial charge in [0.05, 0.1) is 11.4 Å². The van der Waals surface area contributed by atoms with Gasteiger partial charge in [-0.1, -0.05) is 31.4 Å². The molecule has 3 rings (SSSR count). The van der Waals surface area contributed by atoms with Crippen LogP contribution < -0.4 is 15.8 Å². The molecule has 140 valence electrons. The molecule has 0 saturated heterocycles. The number of sulfonamides is 1. The van der Waals surface area contributed by atoms with Gasteiger partial charge in [0.2, 0.25) is 10.0 Å². The van der Waals surface area contributed by atoms with Crippen molar-refractivity contribution in [2.45, 2.75) is 68.5 Å². The number of hydrogen-bond donors (Lipinski definition) is 3. The molecular weight excluding hydrogens is 451 g/mol. The first-order valence-electron chi connectivity index (χ1n) is 8.71. The Bertz CT molecular complexity index is 681. The summed E-state index contributed by atoms with van der Waals surface area (Å²) in [4.78, 5) is 4.66. The van der Waals surface area contributed by atoms with Crippen LogP contribution in [0.1, 0.15) is 50.5 Å². The molecule has 0 aromatic heterocycles. The van der Waals surface area contributed by atoms with E-state index < -0.39 is 10.0 Å². The van der Waals surface area contributed by atoms with Gasteiger partial charge in [0, 0.05) is 12.1 Å². The SMILES string of the molecule is I.NC(=NCc1ccc(S(=O)(=O)NC2CC2)cc1)NC1CCCCC1. The molecule has 1 aromatic rings. The van der Waals surface area contributed by atoms with E-state index in [1.807, 2.05) is 0 Å². The van der Waals surface area contributed by atoms with E-state index in [0.717, 1.165) is 31.2 Å². The molecule has 0 aliphatic heterocycles. The number of hydrogen-bond acceptors (Lipinski definition) is 3. The van der Waals surface area contributed by atoms with Crippen LogP contribution in [0, 0.1) is 0 Å². The van der Waals surface area contributed by atoms with E-state index in [1.165, 1.54) is 19.3 Å². The Hall–Kier alpha value is -0.870. The van der Waals surface area contributed by atoms with Crippen molar-refractivity contribution in [1.29, 1.82) is 0 Å². The molecule has 4 N–H and O–H groups in total. The van der Waals surface area contributed by atoms with Crippen molar-refractivity contribution >= 4 is 40.0 Å². The number of guanidine groups is 1. The largest absolute Gasteiger partial charge is 0.370 e. The minimum absolute atomic E-state index is 0. The fourth-order valence-electron chi connectivity index (χ4n) is 2.94. The van der Waals surface area contributed by atoms with Crippen LogP contribution in [0.3, 0.4) is 0 Å². The molecule has 2 saturated carbocycles. The molecule has 0 bridgehead atoms. The smallest absolute Gasteiger partial charge is 0.240 e. The van der Waals surface area contributed by atoms with Gasteiger partial charge >= 0.3 is 0 Å². The number of nitrogens with two attached hydrogens (primary N) is 1. The summed E-state index contributed by atoms with van der Waals surface area (Å²) >= 11 is 0. The van der Waals surface area contributed by atoms with Crippen LogP contribution in [-0.2, 0) is 16.6 Å². The molecule has 6 nitrogen and oxygen atoms in total. The Morgan fingerprint density at radius 3 is 2.28 bits per heavy atom. The fraction of sp³-hybridized carbons (Fsp3) is 0.588. The van der Waals surface area contributed by atoms with Gasteiger partial charge in [0.15, 0.2) is 5.96 Å². The van der Waals surface area contributed by atoms with Crippen molar-refractivity contribution in [2.75, 3.05) is 0 Å². The van der Waals surface area contributed by atoms with Crippen molar-refractivity contribution in [3.05, 3.63) is 29.8 Å². The maximum Gasteiger partial charge on any atom is 0.240 e. The Morgan fingerprint density at radius 2 is 1.68 bits per heavy atom. The normalized spacial score (nSPS) is 19.3. The number of benzene rings is 1. The minimum Gasteiger partial charge on any atom is -0.370 e. The number of nitrogens with zero attached hydrogens (tertiary/aromatic N) is 1. The molecule has 0 spiro atoms. The third-order valence-electron chi connectivity index (χ3n) is 4.52. The minimum atomic E-state index is -3.39. The number of nitrogens with one attached hydrogen (secondary N) is 2. The molecule has 0 unspecified atom stereocenters. The van der Waals surface area contributed by atoms with Crippen molar-refractivity contribution in [2.24, 2.45) is 10.7 Å². The third kappa shape index (κ3) is 6.41. The maximum absolute atomic E-state index is 12.1. The number of rotatable bonds is 6. The highest BCUT2D eigenvalue weighted by Crippen LogP contribution is 2.22. The summed E-state index contributed by atoms with van der Waals surface area (Å²) in [6, 6.07) is 7.38. The predicted octanol–water partition coefficient (Wildman–Crippen LogP) is 2.48. The highest BCUT2D eigenvalue weighted by molar-refractivity contribution is 14.0. The van der Waals surface area contributed by atoms with E-state index >= 15 is 0 Å². The molecule has 0 atom stereocenters. The van der Waals surface area contributed by atoms with E-state index in [0.29, 0.717) is 23.4 Å². The highest BCUT2D eigenvalue weighted by Gasteiger charge is 2.27. The van der Waals surface area contributed by atoms with Gasteiger partial charge in [0.1, 0.15) is 0 Å². The summed E-state index contributed by atoms with van der Waals surface area (Å²) in [6.45, 7) is 0.446. The zero-order chi connectivity index (χ0) is 17.0. The number of halogens is 1. The topological polar surface area (TPSA) is 96.6 Å². The molecule has 25 heavy (non-hydrogen) atoms. The van der Waals surface area contributed by atoms with E-state index in [9.17, 15) is 8.42 Å². The first-order valence-corrected chi connectivity index (χ1v) is 10.2. The summed E-state index contributed by atoms with van der Waals surface area (Å²) in [5.41, 5.74) is 6.88. The van der Waals surface area contributed by atoms with Gasteiger partial charge in [-0.05, 0) is 43.4 Å². The van der Waals surface area contributed by atoms with Gasteiger partial charge in [-0.25, -0.2) is 18.1 Å². The van der Waals surface area contributed by atoms with Crippen LogP contribution in [0.2, 0.25) is 0 Å². The first kappa shape index (κ1) is 20.4. The van der Waals surface area contributed by atoms with E-state index in [1.54, 1.807) is 24.3 Å². The van der Waals surface area contributed by atoms with Crippen molar-refractivity contribution < 1.29 is 8.42 Å². The van der Waals surface area contributed by atoms with E-state index in [2.05, 4.69) is 15.0 Å². The first-order chi connectivity index (χ1) is 11.5. The Labute approximate surface area is 167 Å². The summed E-state index contributed by atoms with van der Waals surface area (Å²) in [5.74, 6) is 0.467. The number of aliphatic imine (C=N–C) groups is 1. The van der Waals surface area contributed by atoms with E-state index in [-0.39, 0.29) is 30.0 Å². The Balaban J connectivity index is 0.00000225. The average Bonchev–Trinajstić information content (AvgIpc) is 3.37. The van der Waals surface area contributed by atoms with Gasteiger partial charge < -0.3 is 11.1 Å². The lowest BCUT2D eigenvalue weighted by molar-refractivity contribution is 0.412. The van der Waals surface area contributed by atoms with Gasteiger partial charge in [-0.3, -0.25) is 0 Å². The van der Waals surface area contributed by atoms with Gasteiger partial charge in [0.25, 0.3) is 0 Å². The fourth-order valence-corrected chi connectivity index (χ4v) is 4.25. The summed E-state index contributed by atoms with van der Waals surface area (Å²) in [7, 11) is -3.39. The Morgan fingerprint density at radius 1 is 1.04 bits per heavy atom. The molecule has 2 aliphatic carbocycles. The quantitative estimate of drug-likeness (QED) is 0.333. The lowest BCUT2D eigenvalue weighted by atomic mass is 9.96. The van der Waals surface area contributed by atoms with Crippen LogP contribution in [0.25, 0.3) is 0 Å².